The van der Waals surface area contributed by atoms with Gasteiger partial charge in [-0.3, -0.25) is 0 Å². The second-order valence-electron chi connectivity index (χ2n) is 5.43. The number of esters is 1. The van der Waals surface area contributed by atoms with E-state index < -0.39 is 0 Å². The Bertz CT molecular complexity index is 600. The molecule has 0 radical (unpaired) electrons. The molecule has 0 atom stereocenters. The van der Waals surface area contributed by atoms with E-state index in [0.29, 0.717) is 23.5 Å². The van der Waals surface area contributed by atoms with Crippen LogP contribution in [0.4, 0.5) is 4.39 Å². The topological polar surface area (TPSA) is 42.1 Å². The summed E-state index contributed by atoms with van der Waals surface area (Å²) >= 11 is 0. The molecule has 0 aliphatic carbocycles. The molecule has 0 spiro atoms. The Balaban J connectivity index is 2.06. The predicted octanol–water partition coefficient (Wildman–Crippen LogP) is 4.68. The van der Waals surface area contributed by atoms with Crippen molar-refractivity contribution >= 4 is 16.9 Å². The maximum atomic E-state index is 13.3. The van der Waals surface area contributed by atoms with Crippen LogP contribution < -0.4 is 0 Å². The first-order valence-corrected chi connectivity index (χ1v) is 7.59. The van der Waals surface area contributed by atoms with Crippen molar-refractivity contribution in [2.75, 3.05) is 6.61 Å². The largest absolute Gasteiger partial charge is 0.462 e. The van der Waals surface area contributed by atoms with Gasteiger partial charge in [0.2, 0.25) is 0 Å². The van der Waals surface area contributed by atoms with Crippen molar-refractivity contribution < 1.29 is 13.9 Å². The molecule has 3 nitrogen and oxygen atoms in total. The van der Waals surface area contributed by atoms with E-state index in [4.69, 9.17) is 4.74 Å². The van der Waals surface area contributed by atoms with Crippen LogP contribution in [0, 0.1) is 11.7 Å². The molecule has 0 saturated heterocycles. The molecular formula is C17H22FNO2. The molecule has 1 aromatic heterocycles. The molecule has 1 heterocycles. The van der Waals surface area contributed by atoms with Crippen LogP contribution in [-0.2, 0) is 4.74 Å². The van der Waals surface area contributed by atoms with Gasteiger partial charge in [-0.05, 0) is 37.0 Å². The molecule has 1 N–H and O–H groups in total. The Kier molecular flexibility index (Phi) is 5.37. The number of halogens is 1. The molecule has 114 valence electrons. The molecular weight excluding hydrogens is 269 g/mol. The summed E-state index contributed by atoms with van der Waals surface area (Å²) in [5.41, 5.74) is 1.14. The molecule has 0 fully saturated rings. The fourth-order valence-electron chi connectivity index (χ4n) is 2.66. The van der Waals surface area contributed by atoms with Gasteiger partial charge in [0.05, 0.1) is 12.2 Å². The van der Waals surface area contributed by atoms with Crippen LogP contribution in [0.1, 0.15) is 49.9 Å². The third-order valence-electron chi connectivity index (χ3n) is 3.71. The van der Waals surface area contributed by atoms with Crippen LogP contribution in [0.25, 0.3) is 10.9 Å². The first-order valence-electron chi connectivity index (χ1n) is 7.59. The molecule has 1 aromatic carbocycles. The van der Waals surface area contributed by atoms with Gasteiger partial charge in [-0.2, -0.15) is 0 Å². The average Bonchev–Trinajstić information content (AvgIpc) is 2.88. The summed E-state index contributed by atoms with van der Waals surface area (Å²) in [6.45, 7) is 4.70. The van der Waals surface area contributed by atoms with E-state index in [9.17, 15) is 9.18 Å². The van der Waals surface area contributed by atoms with Crippen molar-refractivity contribution in [2.24, 2.45) is 5.92 Å². The van der Waals surface area contributed by atoms with Gasteiger partial charge in [0.15, 0.2) is 0 Å². The molecule has 21 heavy (non-hydrogen) atoms. The summed E-state index contributed by atoms with van der Waals surface area (Å²) in [5, 5.41) is 0.572. The normalized spacial score (nSPS) is 11.2. The van der Waals surface area contributed by atoms with E-state index in [1.165, 1.54) is 12.1 Å². The number of aromatic nitrogens is 1. The van der Waals surface area contributed by atoms with Gasteiger partial charge in [0.25, 0.3) is 0 Å². The van der Waals surface area contributed by atoms with Crippen LogP contribution in [0.5, 0.6) is 0 Å². The zero-order valence-electron chi connectivity index (χ0n) is 12.6. The third kappa shape index (κ3) is 3.84. The molecule has 2 rings (SSSR count). The number of H-pyrrole nitrogens is 1. The van der Waals surface area contributed by atoms with Gasteiger partial charge in [-0.15, -0.1) is 0 Å². The predicted molar refractivity (Wildman–Crippen MR) is 81.8 cm³/mol. The van der Waals surface area contributed by atoms with E-state index in [2.05, 4.69) is 18.8 Å². The highest BCUT2D eigenvalue weighted by Crippen LogP contribution is 2.21. The second kappa shape index (κ2) is 7.25. The van der Waals surface area contributed by atoms with Crippen LogP contribution >= 0.6 is 0 Å². The Morgan fingerprint density at radius 2 is 2.00 bits per heavy atom. The minimum atomic E-state index is -0.385. The van der Waals surface area contributed by atoms with Gasteiger partial charge in [0, 0.05) is 17.1 Å². The van der Waals surface area contributed by atoms with Crippen molar-refractivity contribution in [3.63, 3.8) is 0 Å². The van der Waals surface area contributed by atoms with Crippen LogP contribution in [0.2, 0.25) is 0 Å². The maximum absolute atomic E-state index is 13.3. The van der Waals surface area contributed by atoms with E-state index in [0.717, 1.165) is 31.2 Å². The zero-order chi connectivity index (χ0) is 15.2. The average molecular weight is 291 g/mol. The fraction of sp³-hybridized carbons (Fsp3) is 0.471. The summed E-state index contributed by atoms with van der Waals surface area (Å²) in [7, 11) is 0. The SMILES string of the molecule is CCCC(CCC)COC(=O)c1c[nH]c2ccc(F)cc12. The van der Waals surface area contributed by atoms with Gasteiger partial charge in [0.1, 0.15) is 5.82 Å². The number of ether oxygens (including phenoxy) is 1. The number of carbonyl (C=O) groups excluding carboxylic acids is 1. The minimum Gasteiger partial charge on any atom is -0.462 e. The van der Waals surface area contributed by atoms with Crippen LogP contribution in [0.3, 0.4) is 0 Å². The Labute approximate surface area is 124 Å². The molecule has 0 unspecified atom stereocenters. The molecule has 0 aliphatic rings. The zero-order valence-corrected chi connectivity index (χ0v) is 12.6. The molecule has 2 aromatic rings. The van der Waals surface area contributed by atoms with E-state index in [1.54, 1.807) is 12.3 Å². The fourth-order valence-corrected chi connectivity index (χ4v) is 2.66. The summed E-state index contributed by atoms with van der Waals surface area (Å²) in [5.74, 6) is -0.332. The van der Waals surface area contributed by atoms with Crippen molar-refractivity contribution in [1.29, 1.82) is 0 Å². The molecule has 0 saturated carbocycles. The van der Waals surface area contributed by atoms with Crippen molar-refractivity contribution in [2.45, 2.75) is 39.5 Å². The maximum Gasteiger partial charge on any atom is 0.340 e. The number of aromatic amines is 1. The minimum absolute atomic E-state index is 0.356. The van der Waals surface area contributed by atoms with Crippen molar-refractivity contribution in [3.8, 4) is 0 Å². The highest BCUT2D eigenvalue weighted by molar-refractivity contribution is 6.04. The Hall–Kier alpha value is -1.84. The number of hydrogen-bond donors (Lipinski definition) is 1. The lowest BCUT2D eigenvalue weighted by molar-refractivity contribution is 0.0427. The van der Waals surface area contributed by atoms with Gasteiger partial charge in [-0.1, -0.05) is 26.7 Å². The summed E-state index contributed by atoms with van der Waals surface area (Å²) in [4.78, 5) is 15.1. The van der Waals surface area contributed by atoms with Crippen molar-refractivity contribution in [1.82, 2.24) is 4.98 Å². The lowest BCUT2D eigenvalue weighted by Gasteiger charge is -2.15. The van der Waals surface area contributed by atoms with Gasteiger partial charge in [-0.25, -0.2) is 9.18 Å². The molecule has 0 aliphatic heterocycles. The second-order valence-corrected chi connectivity index (χ2v) is 5.43. The van der Waals surface area contributed by atoms with Crippen molar-refractivity contribution in [3.05, 3.63) is 35.8 Å². The summed E-state index contributed by atoms with van der Waals surface area (Å²) in [6.07, 6.45) is 5.87. The quantitative estimate of drug-likeness (QED) is 0.752. The standard InChI is InChI=1S/C17H22FNO2/c1-3-5-12(6-4-2)11-21-17(20)15-10-19-16-8-7-13(18)9-14(15)16/h7-10,12,19H,3-6,11H2,1-2H3. The molecule has 0 bridgehead atoms. The number of nitrogens with one attached hydrogen (secondary N) is 1. The highest BCUT2D eigenvalue weighted by atomic mass is 19.1. The number of benzene rings is 1. The molecule has 4 heteroatoms. The highest BCUT2D eigenvalue weighted by Gasteiger charge is 2.16. The van der Waals surface area contributed by atoms with Gasteiger partial charge < -0.3 is 9.72 Å². The van der Waals surface area contributed by atoms with Crippen LogP contribution in [0.15, 0.2) is 24.4 Å². The smallest absolute Gasteiger partial charge is 0.340 e. The van der Waals surface area contributed by atoms with Gasteiger partial charge >= 0.3 is 5.97 Å². The number of rotatable bonds is 7. The number of fused-ring (bicyclic) bond motifs is 1. The summed E-state index contributed by atoms with van der Waals surface area (Å²) in [6, 6.07) is 4.35. The molecule has 0 amide bonds. The Morgan fingerprint density at radius 1 is 1.29 bits per heavy atom. The lowest BCUT2D eigenvalue weighted by Crippen LogP contribution is -2.14. The van der Waals surface area contributed by atoms with Crippen LogP contribution in [-0.4, -0.2) is 17.6 Å². The first kappa shape index (κ1) is 15.5. The lowest BCUT2D eigenvalue weighted by atomic mass is 9.99. The number of hydrogen-bond acceptors (Lipinski definition) is 2. The van der Waals surface area contributed by atoms with E-state index in [-0.39, 0.29) is 11.8 Å². The van der Waals surface area contributed by atoms with E-state index in [1.807, 2.05) is 0 Å². The first-order chi connectivity index (χ1) is 10.2. The number of carbonyl (C=O) groups is 1. The summed E-state index contributed by atoms with van der Waals surface area (Å²) < 4.78 is 18.7. The Morgan fingerprint density at radius 3 is 2.67 bits per heavy atom. The monoisotopic (exact) mass is 291 g/mol. The van der Waals surface area contributed by atoms with E-state index >= 15 is 0 Å². The third-order valence-corrected chi connectivity index (χ3v) is 3.71.